The molecular weight excluding hydrogens is 326 g/mol. The molecule has 1 aliphatic rings. The third-order valence-corrected chi connectivity index (χ3v) is 4.21. The number of nitrogens with one attached hydrogen (secondary N) is 3. The Bertz CT molecular complexity index is 667. The molecule has 1 amide bonds. The Morgan fingerprint density at radius 3 is 2.92 bits per heavy atom. The van der Waals surface area contributed by atoms with Gasteiger partial charge in [0.25, 0.3) is 5.91 Å². The quantitative estimate of drug-likeness (QED) is 0.740. The molecule has 130 valence electrons. The monoisotopic (exact) mass is 349 g/mol. The van der Waals surface area contributed by atoms with Gasteiger partial charge in [0.15, 0.2) is 5.82 Å². The molecule has 2 heterocycles. The standard InChI is InChI=1S/C17H23N5O.ClH/c1-12-20-16(22-21-12)7-9-19-17(23)15-5-3-2-4-14(15)10-13-6-8-18-11-13;/h2-5,13,18H,6-11H2,1H3,(H,19,23)(H,20,21,22);1H. The smallest absolute Gasteiger partial charge is 0.251 e. The van der Waals surface area contributed by atoms with Gasteiger partial charge in [-0.2, -0.15) is 5.10 Å². The first-order chi connectivity index (χ1) is 11.2. The second-order valence-corrected chi connectivity index (χ2v) is 6.06. The Morgan fingerprint density at radius 1 is 1.38 bits per heavy atom. The highest BCUT2D eigenvalue weighted by molar-refractivity contribution is 5.95. The number of nitrogens with zero attached hydrogens (tertiary/aromatic N) is 2. The number of aromatic nitrogens is 3. The number of hydrogen-bond donors (Lipinski definition) is 3. The van der Waals surface area contributed by atoms with Crippen LogP contribution in [-0.4, -0.2) is 40.7 Å². The van der Waals surface area contributed by atoms with Gasteiger partial charge in [0.05, 0.1) is 0 Å². The van der Waals surface area contributed by atoms with E-state index in [1.54, 1.807) is 0 Å². The van der Waals surface area contributed by atoms with Gasteiger partial charge in [-0.15, -0.1) is 12.4 Å². The fourth-order valence-electron chi connectivity index (χ4n) is 3.00. The number of aromatic amines is 1. The molecule has 0 spiro atoms. The highest BCUT2D eigenvalue weighted by atomic mass is 35.5. The van der Waals surface area contributed by atoms with Gasteiger partial charge in [0.1, 0.15) is 5.82 Å². The summed E-state index contributed by atoms with van der Waals surface area (Å²) in [7, 11) is 0. The van der Waals surface area contributed by atoms with Crippen LogP contribution in [0.5, 0.6) is 0 Å². The SMILES string of the molecule is Cc1nc(CCNC(=O)c2ccccc2CC2CCNC2)n[nH]1.Cl. The lowest BCUT2D eigenvalue weighted by Gasteiger charge is -2.13. The largest absolute Gasteiger partial charge is 0.352 e. The van der Waals surface area contributed by atoms with Crippen molar-refractivity contribution in [2.75, 3.05) is 19.6 Å². The lowest BCUT2D eigenvalue weighted by atomic mass is 9.94. The van der Waals surface area contributed by atoms with E-state index in [9.17, 15) is 4.79 Å². The van der Waals surface area contributed by atoms with E-state index in [-0.39, 0.29) is 18.3 Å². The average Bonchev–Trinajstić information content (AvgIpc) is 3.20. The second-order valence-electron chi connectivity index (χ2n) is 6.06. The summed E-state index contributed by atoms with van der Waals surface area (Å²) in [5.41, 5.74) is 1.91. The van der Waals surface area contributed by atoms with E-state index in [0.717, 1.165) is 42.3 Å². The van der Waals surface area contributed by atoms with Crippen molar-refractivity contribution in [3.63, 3.8) is 0 Å². The number of halogens is 1. The van der Waals surface area contributed by atoms with Gasteiger partial charge in [-0.3, -0.25) is 9.89 Å². The molecule has 1 aromatic carbocycles. The Morgan fingerprint density at radius 2 is 2.21 bits per heavy atom. The normalized spacial score (nSPS) is 16.6. The van der Waals surface area contributed by atoms with Gasteiger partial charge in [-0.05, 0) is 50.4 Å². The molecule has 1 aliphatic heterocycles. The van der Waals surface area contributed by atoms with Gasteiger partial charge < -0.3 is 10.6 Å². The van der Waals surface area contributed by atoms with E-state index in [0.29, 0.717) is 18.9 Å². The molecule has 2 aromatic rings. The molecule has 0 saturated carbocycles. The van der Waals surface area contributed by atoms with Crippen molar-refractivity contribution in [2.24, 2.45) is 5.92 Å². The number of benzene rings is 1. The second kappa shape index (κ2) is 8.80. The summed E-state index contributed by atoms with van der Waals surface area (Å²) in [6, 6.07) is 7.89. The van der Waals surface area contributed by atoms with E-state index < -0.39 is 0 Å². The van der Waals surface area contributed by atoms with Crippen LogP contribution in [0.4, 0.5) is 0 Å². The maximum absolute atomic E-state index is 12.5. The van der Waals surface area contributed by atoms with Crippen LogP contribution in [0.1, 0.15) is 34.0 Å². The van der Waals surface area contributed by atoms with E-state index in [1.165, 1.54) is 6.42 Å². The van der Waals surface area contributed by atoms with Crippen LogP contribution in [-0.2, 0) is 12.8 Å². The van der Waals surface area contributed by atoms with E-state index in [2.05, 4.69) is 31.9 Å². The molecule has 1 fully saturated rings. The predicted molar refractivity (Wildman–Crippen MR) is 95.5 cm³/mol. The molecule has 1 atom stereocenters. The van der Waals surface area contributed by atoms with Gasteiger partial charge in [-0.1, -0.05) is 18.2 Å². The van der Waals surface area contributed by atoms with Crippen LogP contribution in [0.25, 0.3) is 0 Å². The highest BCUT2D eigenvalue weighted by Crippen LogP contribution is 2.18. The summed E-state index contributed by atoms with van der Waals surface area (Å²) in [4.78, 5) is 16.7. The zero-order chi connectivity index (χ0) is 16.1. The van der Waals surface area contributed by atoms with Crippen LogP contribution in [0.3, 0.4) is 0 Å². The molecule has 1 aromatic heterocycles. The zero-order valence-electron chi connectivity index (χ0n) is 13.8. The molecule has 6 nitrogen and oxygen atoms in total. The molecule has 0 radical (unpaired) electrons. The molecule has 1 saturated heterocycles. The van der Waals surface area contributed by atoms with Crippen molar-refractivity contribution < 1.29 is 4.79 Å². The number of rotatable bonds is 6. The topological polar surface area (TPSA) is 82.7 Å². The molecule has 1 unspecified atom stereocenters. The number of hydrogen-bond acceptors (Lipinski definition) is 4. The van der Waals surface area contributed by atoms with Crippen LogP contribution in [0, 0.1) is 12.8 Å². The van der Waals surface area contributed by atoms with E-state index in [4.69, 9.17) is 0 Å². The van der Waals surface area contributed by atoms with E-state index >= 15 is 0 Å². The van der Waals surface area contributed by atoms with Crippen molar-refractivity contribution in [2.45, 2.75) is 26.2 Å². The van der Waals surface area contributed by atoms with Gasteiger partial charge in [0.2, 0.25) is 0 Å². The lowest BCUT2D eigenvalue weighted by Crippen LogP contribution is -2.27. The summed E-state index contributed by atoms with van der Waals surface area (Å²) in [5, 5.41) is 13.2. The number of aryl methyl sites for hydroxylation is 1. The lowest BCUT2D eigenvalue weighted by molar-refractivity contribution is 0.0953. The Balaban J connectivity index is 0.00000208. The maximum atomic E-state index is 12.5. The summed E-state index contributed by atoms with van der Waals surface area (Å²) in [5.74, 6) is 2.13. The minimum atomic E-state index is -0.0150. The summed E-state index contributed by atoms with van der Waals surface area (Å²) >= 11 is 0. The summed E-state index contributed by atoms with van der Waals surface area (Å²) in [6.07, 6.45) is 2.77. The molecule has 3 N–H and O–H groups in total. The van der Waals surface area contributed by atoms with Gasteiger partial charge in [-0.25, -0.2) is 4.98 Å². The maximum Gasteiger partial charge on any atom is 0.251 e. The predicted octanol–water partition coefficient (Wildman–Crippen LogP) is 1.66. The third kappa shape index (κ3) is 4.79. The van der Waals surface area contributed by atoms with Crippen LogP contribution >= 0.6 is 12.4 Å². The van der Waals surface area contributed by atoms with Crippen molar-refractivity contribution in [1.29, 1.82) is 0 Å². The Kier molecular flexibility index (Phi) is 6.75. The highest BCUT2D eigenvalue weighted by Gasteiger charge is 2.18. The minimum Gasteiger partial charge on any atom is -0.352 e. The molecule has 0 bridgehead atoms. The van der Waals surface area contributed by atoms with Crippen LogP contribution in [0.15, 0.2) is 24.3 Å². The number of amides is 1. The fraction of sp³-hybridized carbons (Fsp3) is 0.471. The summed E-state index contributed by atoms with van der Waals surface area (Å²) < 4.78 is 0. The Labute approximate surface area is 148 Å². The van der Waals surface area contributed by atoms with Crippen LogP contribution in [0.2, 0.25) is 0 Å². The van der Waals surface area contributed by atoms with Crippen molar-refractivity contribution in [3.8, 4) is 0 Å². The molecule has 3 rings (SSSR count). The zero-order valence-corrected chi connectivity index (χ0v) is 14.7. The molecule has 0 aliphatic carbocycles. The fourth-order valence-corrected chi connectivity index (χ4v) is 3.00. The van der Waals surface area contributed by atoms with E-state index in [1.807, 2.05) is 25.1 Å². The number of carbonyl (C=O) groups is 1. The van der Waals surface area contributed by atoms with Gasteiger partial charge >= 0.3 is 0 Å². The van der Waals surface area contributed by atoms with Gasteiger partial charge in [0, 0.05) is 18.5 Å². The van der Waals surface area contributed by atoms with Crippen LogP contribution < -0.4 is 10.6 Å². The Hall–Kier alpha value is -1.92. The third-order valence-electron chi connectivity index (χ3n) is 4.21. The average molecular weight is 350 g/mol. The summed E-state index contributed by atoms with van der Waals surface area (Å²) in [6.45, 7) is 4.52. The molecule has 24 heavy (non-hydrogen) atoms. The number of H-pyrrole nitrogens is 1. The van der Waals surface area contributed by atoms with Crippen molar-refractivity contribution >= 4 is 18.3 Å². The first-order valence-corrected chi connectivity index (χ1v) is 8.17. The van der Waals surface area contributed by atoms with Crippen molar-refractivity contribution in [1.82, 2.24) is 25.8 Å². The molecular formula is C17H24ClN5O. The number of carbonyl (C=O) groups excluding carboxylic acids is 1. The first kappa shape index (κ1) is 18.4. The first-order valence-electron chi connectivity index (χ1n) is 8.17. The minimum absolute atomic E-state index is 0. The van der Waals surface area contributed by atoms with Crippen molar-refractivity contribution in [3.05, 3.63) is 47.0 Å². The molecule has 7 heteroatoms.